The second kappa shape index (κ2) is 66.6. The molecular formula is C76H148O17P2. The zero-order valence-corrected chi connectivity index (χ0v) is 63.9. The van der Waals surface area contributed by atoms with Gasteiger partial charge in [-0.05, 0) is 43.4 Å². The lowest BCUT2D eigenvalue weighted by Crippen LogP contribution is -2.30. The number of aliphatic hydroxyl groups is 1. The minimum atomic E-state index is -4.96. The molecule has 0 aliphatic rings. The van der Waals surface area contributed by atoms with E-state index in [0.29, 0.717) is 25.7 Å². The van der Waals surface area contributed by atoms with Crippen molar-refractivity contribution in [2.75, 3.05) is 39.6 Å². The third-order valence-electron chi connectivity index (χ3n) is 18.0. The minimum Gasteiger partial charge on any atom is -0.462 e. The van der Waals surface area contributed by atoms with Crippen LogP contribution in [0.15, 0.2) is 0 Å². The van der Waals surface area contributed by atoms with Crippen LogP contribution in [0.3, 0.4) is 0 Å². The minimum absolute atomic E-state index is 0.105. The Morgan fingerprint density at radius 3 is 0.800 bits per heavy atom. The molecule has 0 heterocycles. The zero-order valence-electron chi connectivity index (χ0n) is 62.1. The quantitative estimate of drug-likeness (QED) is 0.0222. The van der Waals surface area contributed by atoms with Crippen LogP contribution in [0.4, 0.5) is 0 Å². The molecule has 564 valence electrons. The molecule has 0 saturated heterocycles. The summed E-state index contributed by atoms with van der Waals surface area (Å²) in [6.45, 7) is 11.9. The summed E-state index contributed by atoms with van der Waals surface area (Å²) < 4.78 is 68.5. The van der Waals surface area contributed by atoms with Crippen molar-refractivity contribution in [3.05, 3.63) is 0 Å². The third kappa shape index (κ3) is 69.0. The molecule has 0 spiro atoms. The summed E-state index contributed by atoms with van der Waals surface area (Å²) >= 11 is 0. The lowest BCUT2D eigenvalue weighted by atomic mass is 9.99. The van der Waals surface area contributed by atoms with Crippen LogP contribution < -0.4 is 0 Å². The SMILES string of the molecule is CCCCCCCCCCCCC(=O)OC[C@H](COP(=O)(O)OC[C@H](O)COP(=O)(O)OC[C@@H](COC(=O)CCCCCCCCCCCCCCC(C)C)OC(=O)CCCCCCCCCCCCCCCCC(C)CC)OC(=O)CCCCCCCCCCCC(C)C. The zero-order chi connectivity index (χ0) is 70.1. The molecule has 0 rings (SSSR count). The molecule has 0 saturated carbocycles. The van der Waals surface area contributed by atoms with Crippen molar-refractivity contribution in [3.63, 3.8) is 0 Å². The lowest BCUT2D eigenvalue weighted by molar-refractivity contribution is -0.161. The van der Waals surface area contributed by atoms with Crippen LogP contribution in [0.1, 0.15) is 389 Å². The van der Waals surface area contributed by atoms with Gasteiger partial charge in [-0.3, -0.25) is 37.3 Å². The molecule has 3 N–H and O–H groups in total. The van der Waals surface area contributed by atoms with Gasteiger partial charge in [0.05, 0.1) is 26.4 Å². The van der Waals surface area contributed by atoms with E-state index in [0.717, 1.165) is 108 Å². The Morgan fingerprint density at radius 2 is 0.537 bits per heavy atom. The summed E-state index contributed by atoms with van der Waals surface area (Å²) in [6.07, 6.45) is 52.6. The normalized spacial score (nSPS) is 14.4. The molecule has 3 unspecified atom stereocenters. The van der Waals surface area contributed by atoms with Crippen molar-refractivity contribution in [1.29, 1.82) is 0 Å². The molecule has 0 amide bonds. The van der Waals surface area contributed by atoms with E-state index >= 15 is 0 Å². The van der Waals surface area contributed by atoms with Crippen LogP contribution in [-0.4, -0.2) is 96.7 Å². The topological polar surface area (TPSA) is 237 Å². The average Bonchev–Trinajstić information content (AvgIpc) is 3.29. The fraction of sp³-hybridized carbons (Fsp3) is 0.947. The van der Waals surface area contributed by atoms with Gasteiger partial charge in [0, 0.05) is 25.7 Å². The van der Waals surface area contributed by atoms with Crippen molar-refractivity contribution in [3.8, 4) is 0 Å². The van der Waals surface area contributed by atoms with Gasteiger partial charge in [-0.2, -0.15) is 0 Å². The number of carbonyl (C=O) groups is 4. The van der Waals surface area contributed by atoms with Crippen molar-refractivity contribution >= 4 is 39.5 Å². The second-order valence-corrected chi connectivity index (χ2v) is 31.5. The van der Waals surface area contributed by atoms with E-state index in [2.05, 4.69) is 48.5 Å². The van der Waals surface area contributed by atoms with Crippen LogP contribution >= 0.6 is 15.6 Å². The largest absolute Gasteiger partial charge is 0.472 e. The number of hydrogen-bond acceptors (Lipinski definition) is 15. The summed E-state index contributed by atoms with van der Waals surface area (Å²) in [5.74, 6) is 0.246. The Labute approximate surface area is 581 Å². The van der Waals surface area contributed by atoms with E-state index in [1.807, 2.05) is 0 Å². The van der Waals surface area contributed by atoms with Gasteiger partial charge < -0.3 is 33.8 Å². The molecule has 0 aliphatic carbocycles. The summed E-state index contributed by atoms with van der Waals surface area (Å²) in [5.41, 5.74) is 0. The van der Waals surface area contributed by atoms with Gasteiger partial charge in [0.25, 0.3) is 0 Å². The van der Waals surface area contributed by atoms with Crippen molar-refractivity contribution in [2.45, 2.75) is 407 Å². The lowest BCUT2D eigenvalue weighted by Gasteiger charge is -2.21. The van der Waals surface area contributed by atoms with Gasteiger partial charge in [-0.25, -0.2) is 9.13 Å². The first-order chi connectivity index (χ1) is 45.8. The van der Waals surface area contributed by atoms with E-state index in [9.17, 15) is 43.2 Å². The molecule has 19 heteroatoms. The molecule has 0 radical (unpaired) electrons. The maximum absolute atomic E-state index is 13.1. The molecule has 17 nitrogen and oxygen atoms in total. The highest BCUT2D eigenvalue weighted by atomic mass is 31.2. The first-order valence-corrected chi connectivity index (χ1v) is 42.4. The molecular weight excluding hydrogens is 1250 g/mol. The van der Waals surface area contributed by atoms with Gasteiger partial charge in [-0.15, -0.1) is 0 Å². The Bertz CT molecular complexity index is 1850. The van der Waals surface area contributed by atoms with Crippen LogP contribution in [0, 0.1) is 17.8 Å². The number of phosphoric ester groups is 2. The maximum Gasteiger partial charge on any atom is 0.472 e. The molecule has 0 aliphatic heterocycles. The Hall–Kier alpha value is -1.94. The Balaban J connectivity index is 5.25. The second-order valence-electron chi connectivity index (χ2n) is 28.6. The summed E-state index contributed by atoms with van der Waals surface area (Å²) in [5, 5.41) is 10.6. The van der Waals surface area contributed by atoms with E-state index in [-0.39, 0.29) is 25.7 Å². The van der Waals surface area contributed by atoms with Crippen LogP contribution in [0.2, 0.25) is 0 Å². The molecule has 0 aromatic carbocycles. The summed E-state index contributed by atoms with van der Waals surface area (Å²) in [4.78, 5) is 72.8. The fourth-order valence-corrected chi connectivity index (χ4v) is 13.1. The highest BCUT2D eigenvalue weighted by Crippen LogP contribution is 2.45. The van der Waals surface area contributed by atoms with E-state index in [4.69, 9.17) is 37.0 Å². The van der Waals surface area contributed by atoms with Crippen LogP contribution in [0.5, 0.6) is 0 Å². The van der Waals surface area contributed by atoms with E-state index in [1.165, 1.54) is 199 Å². The van der Waals surface area contributed by atoms with Crippen LogP contribution in [-0.2, 0) is 65.4 Å². The van der Waals surface area contributed by atoms with Gasteiger partial charge in [-0.1, -0.05) is 337 Å². The van der Waals surface area contributed by atoms with E-state index < -0.39 is 97.5 Å². The molecule has 0 aromatic heterocycles. The maximum atomic E-state index is 13.1. The van der Waals surface area contributed by atoms with Gasteiger partial charge in [0.2, 0.25) is 0 Å². The summed E-state index contributed by atoms with van der Waals surface area (Å²) in [7, 11) is -9.91. The first kappa shape index (κ1) is 93.1. The predicted octanol–water partition coefficient (Wildman–Crippen LogP) is 22.2. The number of esters is 4. The van der Waals surface area contributed by atoms with Gasteiger partial charge in [0.15, 0.2) is 12.2 Å². The standard InChI is InChI=1S/C76H148O17P2/c1-8-10-11-12-13-14-29-36-43-50-57-73(78)86-63-72(93-76(81)60-53-46-39-32-25-27-34-41-48-55-68(5)6)66-91-95(84,85)89-62-70(77)61-88-94(82,83)90-65-71(64-87-74(79)58-51-44-37-30-23-20-19-21-26-33-40-47-54-67(3)4)92-75(80)59-52-45-38-31-24-18-16-15-17-22-28-35-42-49-56-69(7)9-2/h67-72,77H,8-66H2,1-7H3,(H,82,83)(H,84,85)/t69?,70-,71-,72-/m1/s1. The van der Waals surface area contributed by atoms with Gasteiger partial charge >= 0.3 is 39.5 Å². The van der Waals surface area contributed by atoms with Crippen LogP contribution in [0.25, 0.3) is 0 Å². The number of unbranched alkanes of at least 4 members (excludes halogenated alkanes) is 41. The first-order valence-electron chi connectivity index (χ1n) is 39.4. The smallest absolute Gasteiger partial charge is 0.462 e. The number of aliphatic hydroxyl groups excluding tert-OH is 1. The Kier molecular flexibility index (Phi) is 65.2. The number of hydrogen-bond donors (Lipinski definition) is 3. The number of rotatable bonds is 74. The molecule has 0 bridgehead atoms. The number of ether oxygens (including phenoxy) is 4. The Morgan fingerprint density at radius 1 is 0.305 bits per heavy atom. The number of carbonyl (C=O) groups excluding carboxylic acids is 4. The van der Waals surface area contributed by atoms with Crippen molar-refractivity contribution in [2.24, 2.45) is 17.8 Å². The van der Waals surface area contributed by atoms with E-state index in [1.54, 1.807) is 0 Å². The average molecular weight is 1400 g/mol. The monoisotopic (exact) mass is 1400 g/mol. The predicted molar refractivity (Wildman–Crippen MR) is 386 cm³/mol. The fourth-order valence-electron chi connectivity index (χ4n) is 11.6. The molecule has 0 fully saturated rings. The third-order valence-corrected chi connectivity index (χ3v) is 19.9. The summed E-state index contributed by atoms with van der Waals surface area (Å²) in [6, 6.07) is 0. The highest BCUT2D eigenvalue weighted by molar-refractivity contribution is 7.47. The van der Waals surface area contributed by atoms with Gasteiger partial charge in [0.1, 0.15) is 19.3 Å². The number of phosphoric acid groups is 2. The molecule has 6 atom stereocenters. The highest BCUT2D eigenvalue weighted by Gasteiger charge is 2.30. The van der Waals surface area contributed by atoms with Crippen molar-refractivity contribution in [1.82, 2.24) is 0 Å². The van der Waals surface area contributed by atoms with Crippen molar-refractivity contribution < 1.29 is 80.2 Å². The molecule has 95 heavy (non-hydrogen) atoms. The molecule has 0 aromatic rings.